The molecule has 1 aromatic carbocycles. The van der Waals surface area contributed by atoms with Gasteiger partial charge < -0.3 is 15.4 Å². The van der Waals surface area contributed by atoms with E-state index >= 15 is 0 Å². The van der Waals surface area contributed by atoms with Gasteiger partial charge in [0.1, 0.15) is 0 Å². The molecule has 0 aliphatic carbocycles. The van der Waals surface area contributed by atoms with Gasteiger partial charge in [-0.25, -0.2) is 8.42 Å². The van der Waals surface area contributed by atoms with Crippen LogP contribution in [0.25, 0.3) is 0 Å². The molecule has 3 N–H and O–H groups in total. The number of nitrogens with zero attached hydrogens (tertiary/aromatic N) is 1. The summed E-state index contributed by atoms with van der Waals surface area (Å²) in [5.41, 5.74) is 0.186. The van der Waals surface area contributed by atoms with Crippen LogP contribution in [0.1, 0.15) is 41.5 Å². The number of anilines is 1. The Hall–Kier alpha value is -2.01. The van der Waals surface area contributed by atoms with E-state index in [2.05, 4.69) is 20.3 Å². The van der Waals surface area contributed by atoms with Crippen LogP contribution >= 0.6 is 0 Å². The monoisotopic (exact) mass is 454 g/mol. The van der Waals surface area contributed by atoms with E-state index in [4.69, 9.17) is 4.74 Å². The number of amides is 2. The third-order valence-corrected chi connectivity index (χ3v) is 6.74. The van der Waals surface area contributed by atoms with E-state index in [-0.39, 0.29) is 28.5 Å². The van der Waals surface area contributed by atoms with Crippen LogP contribution in [0.3, 0.4) is 0 Å². The lowest BCUT2D eigenvalue weighted by Crippen LogP contribution is -2.59. The van der Waals surface area contributed by atoms with Crippen molar-refractivity contribution in [1.29, 1.82) is 0 Å². The first-order chi connectivity index (χ1) is 14.3. The summed E-state index contributed by atoms with van der Waals surface area (Å²) >= 11 is 0. The Bertz CT molecular complexity index is 876. The van der Waals surface area contributed by atoms with Crippen LogP contribution in [0.15, 0.2) is 29.2 Å². The summed E-state index contributed by atoms with van der Waals surface area (Å²) in [4.78, 5) is 25.9. The Morgan fingerprint density at radius 2 is 1.71 bits per heavy atom. The predicted octanol–water partition coefficient (Wildman–Crippen LogP) is 1.32. The molecular formula is C21H34N4O5S. The van der Waals surface area contributed by atoms with Gasteiger partial charge in [0.15, 0.2) is 0 Å². The maximum Gasteiger partial charge on any atom is 0.241 e. The lowest BCUT2D eigenvalue weighted by Gasteiger charge is -2.45. The molecule has 0 aromatic heterocycles. The van der Waals surface area contributed by atoms with Crippen molar-refractivity contribution >= 4 is 27.5 Å². The van der Waals surface area contributed by atoms with E-state index in [1.165, 1.54) is 38.1 Å². The zero-order chi connectivity index (χ0) is 23.4. The van der Waals surface area contributed by atoms with Gasteiger partial charge in [0, 0.05) is 37.8 Å². The Kier molecular flexibility index (Phi) is 8.21. The van der Waals surface area contributed by atoms with Crippen molar-refractivity contribution in [1.82, 2.24) is 14.9 Å². The van der Waals surface area contributed by atoms with Gasteiger partial charge in [-0.2, -0.15) is 4.72 Å². The van der Waals surface area contributed by atoms with Crippen LogP contribution < -0.4 is 15.4 Å². The number of sulfonamides is 1. The molecule has 1 saturated heterocycles. The lowest BCUT2D eigenvalue weighted by molar-refractivity contribution is -0.124. The number of ether oxygens (including phenoxy) is 1. The SMILES string of the molecule is CC(=O)Nc1ccc(S(=O)(=O)N[C@@H](C)C(=O)NCC(C)(C)N2CC(C)OC(C)C2)cc1. The summed E-state index contributed by atoms with van der Waals surface area (Å²) in [5, 5.41) is 5.43. The second kappa shape index (κ2) is 10.1. The summed E-state index contributed by atoms with van der Waals surface area (Å²) in [7, 11) is -3.89. The second-order valence-corrected chi connectivity index (χ2v) is 10.5. The van der Waals surface area contributed by atoms with Gasteiger partial charge in [0.25, 0.3) is 0 Å². The van der Waals surface area contributed by atoms with Crippen molar-refractivity contribution in [2.45, 2.75) is 70.2 Å². The first-order valence-electron chi connectivity index (χ1n) is 10.4. The Morgan fingerprint density at radius 1 is 1.16 bits per heavy atom. The molecule has 10 heteroatoms. The quantitative estimate of drug-likeness (QED) is 0.545. The Balaban J connectivity index is 1.94. The largest absolute Gasteiger partial charge is 0.373 e. The highest BCUT2D eigenvalue weighted by Gasteiger charge is 2.34. The number of rotatable bonds is 8. The average Bonchev–Trinajstić information content (AvgIpc) is 2.65. The smallest absolute Gasteiger partial charge is 0.241 e. The number of hydrogen-bond donors (Lipinski definition) is 3. The molecule has 0 bridgehead atoms. The maximum atomic E-state index is 12.6. The number of morpholine rings is 1. The van der Waals surface area contributed by atoms with Gasteiger partial charge in [0.05, 0.1) is 23.1 Å². The Labute approximate surface area is 185 Å². The van der Waals surface area contributed by atoms with E-state index in [1.807, 2.05) is 27.7 Å². The number of hydrogen-bond acceptors (Lipinski definition) is 6. The molecule has 9 nitrogen and oxygen atoms in total. The highest BCUT2D eigenvalue weighted by Crippen LogP contribution is 2.21. The van der Waals surface area contributed by atoms with E-state index in [0.29, 0.717) is 12.2 Å². The van der Waals surface area contributed by atoms with E-state index in [1.54, 1.807) is 0 Å². The molecule has 31 heavy (non-hydrogen) atoms. The van der Waals surface area contributed by atoms with Crippen molar-refractivity contribution in [2.75, 3.05) is 25.0 Å². The Morgan fingerprint density at radius 3 is 2.23 bits per heavy atom. The van der Waals surface area contributed by atoms with Crippen LogP contribution in [-0.4, -0.2) is 68.6 Å². The van der Waals surface area contributed by atoms with Gasteiger partial charge in [-0.3, -0.25) is 14.5 Å². The molecule has 1 aliphatic rings. The fourth-order valence-electron chi connectivity index (χ4n) is 3.52. The summed E-state index contributed by atoms with van der Waals surface area (Å²) in [6.07, 6.45) is 0.225. The molecule has 2 unspecified atom stereocenters. The number of carbonyl (C=O) groups excluding carboxylic acids is 2. The summed E-state index contributed by atoms with van der Waals surface area (Å²) in [6.45, 7) is 12.9. The lowest BCUT2D eigenvalue weighted by atomic mass is 10.00. The normalized spacial score (nSPS) is 21.4. The van der Waals surface area contributed by atoms with Crippen LogP contribution in [0.5, 0.6) is 0 Å². The summed E-state index contributed by atoms with van der Waals surface area (Å²) < 4.78 is 33.4. The topological polar surface area (TPSA) is 117 Å². The third kappa shape index (κ3) is 7.27. The number of nitrogens with one attached hydrogen (secondary N) is 3. The second-order valence-electron chi connectivity index (χ2n) is 8.74. The van der Waals surface area contributed by atoms with Gasteiger partial charge in [-0.1, -0.05) is 0 Å². The minimum absolute atomic E-state index is 0.0119. The maximum absolute atomic E-state index is 12.6. The zero-order valence-electron chi connectivity index (χ0n) is 19.1. The molecule has 0 spiro atoms. The van der Waals surface area contributed by atoms with Gasteiger partial charge in [0.2, 0.25) is 21.8 Å². The molecule has 1 aliphatic heterocycles. The first kappa shape index (κ1) is 25.3. The van der Waals surface area contributed by atoms with Crippen LogP contribution in [0.4, 0.5) is 5.69 Å². The van der Waals surface area contributed by atoms with Crippen molar-refractivity contribution in [3.63, 3.8) is 0 Å². The molecule has 2 amide bonds. The third-order valence-electron chi connectivity index (χ3n) is 5.18. The minimum Gasteiger partial charge on any atom is -0.373 e. The minimum atomic E-state index is -3.89. The molecule has 1 aromatic rings. The number of carbonyl (C=O) groups is 2. The fourth-order valence-corrected chi connectivity index (χ4v) is 4.72. The van der Waals surface area contributed by atoms with Gasteiger partial charge in [-0.05, 0) is 58.9 Å². The molecular weight excluding hydrogens is 420 g/mol. The summed E-state index contributed by atoms with van der Waals surface area (Å²) in [5.74, 6) is -0.649. The fraction of sp³-hybridized carbons (Fsp3) is 0.619. The van der Waals surface area contributed by atoms with Crippen LogP contribution in [0.2, 0.25) is 0 Å². The molecule has 2 rings (SSSR count). The van der Waals surface area contributed by atoms with Crippen molar-refractivity contribution < 1.29 is 22.7 Å². The zero-order valence-corrected chi connectivity index (χ0v) is 19.9. The molecule has 1 fully saturated rings. The van der Waals surface area contributed by atoms with E-state index in [0.717, 1.165) is 13.1 Å². The average molecular weight is 455 g/mol. The standard InChI is InChI=1S/C21H34N4O5S/c1-14-11-25(12-15(2)30-14)21(5,6)13-22-20(27)16(3)24-31(28,29)19-9-7-18(8-10-19)23-17(4)26/h7-10,14-16,24H,11-13H2,1-6H3,(H,22,27)(H,23,26)/t14?,15?,16-/m0/s1. The predicted molar refractivity (Wildman–Crippen MR) is 119 cm³/mol. The molecule has 3 atom stereocenters. The van der Waals surface area contributed by atoms with Gasteiger partial charge in [-0.15, -0.1) is 0 Å². The van der Waals surface area contributed by atoms with E-state index < -0.39 is 22.0 Å². The molecule has 174 valence electrons. The van der Waals surface area contributed by atoms with Crippen LogP contribution in [-0.2, 0) is 24.3 Å². The first-order valence-corrected chi connectivity index (χ1v) is 11.9. The van der Waals surface area contributed by atoms with Crippen molar-refractivity contribution in [3.8, 4) is 0 Å². The van der Waals surface area contributed by atoms with Crippen molar-refractivity contribution in [2.24, 2.45) is 0 Å². The molecule has 0 radical (unpaired) electrons. The number of benzene rings is 1. The molecule has 0 saturated carbocycles. The van der Waals surface area contributed by atoms with Crippen LogP contribution in [0, 0.1) is 0 Å². The highest BCUT2D eigenvalue weighted by atomic mass is 32.2. The van der Waals surface area contributed by atoms with E-state index in [9.17, 15) is 18.0 Å². The summed E-state index contributed by atoms with van der Waals surface area (Å²) in [6, 6.07) is 4.80. The molecule has 1 heterocycles. The van der Waals surface area contributed by atoms with Crippen molar-refractivity contribution in [3.05, 3.63) is 24.3 Å². The highest BCUT2D eigenvalue weighted by molar-refractivity contribution is 7.89. The van der Waals surface area contributed by atoms with Gasteiger partial charge >= 0.3 is 0 Å².